The van der Waals surface area contributed by atoms with Crippen molar-refractivity contribution in [2.45, 2.75) is 6.61 Å². The van der Waals surface area contributed by atoms with Crippen LogP contribution in [-0.2, 0) is 6.61 Å². The number of para-hydroxylation sites is 1. The first-order chi connectivity index (χ1) is 8.70. The number of nitrogens with zero attached hydrogens (tertiary/aromatic N) is 1. The number of rotatable bonds is 3. The Labute approximate surface area is 109 Å². The Kier molecular flexibility index (Phi) is 3.92. The number of carbonyl (C=O) groups excluding carboxylic acids is 1. The van der Waals surface area contributed by atoms with E-state index in [0.29, 0.717) is 22.0 Å². The van der Waals surface area contributed by atoms with Crippen molar-refractivity contribution in [2.24, 2.45) is 0 Å². The average molecular weight is 263 g/mol. The second-order valence-electron chi connectivity index (χ2n) is 3.64. The van der Waals surface area contributed by atoms with Crippen molar-refractivity contribution in [3.8, 4) is 0 Å². The molecule has 1 aromatic carbocycles. The number of hydrogen-bond donors (Lipinski definition) is 2. The Bertz CT molecular complexity index is 555. The molecule has 4 nitrogen and oxygen atoms in total. The van der Waals surface area contributed by atoms with Crippen molar-refractivity contribution in [1.29, 1.82) is 0 Å². The molecule has 2 rings (SSSR count). The minimum absolute atomic E-state index is 0.130. The van der Waals surface area contributed by atoms with Crippen LogP contribution in [0.25, 0.3) is 0 Å². The van der Waals surface area contributed by atoms with Crippen LogP contribution in [0.2, 0.25) is 5.15 Å². The molecule has 0 radical (unpaired) electrons. The van der Waals surface area contributed by atoms with Gasteiger partial charge in [0.15, 0.2) is 0 Å². The zero-order valence-electron chi connectivity index (χ0n) is 9.43. The van der Waals surface area contributed by atoms with Gasteiger partial charge in [-0.15, -0.1) is 0 Å². The van der Waals surface area contributed by atoms with E-state index in [9.17, 15) is 4.79 Å². The van der Waals surface area contributed by atoms with Gasteiger partial charge in [0.2, 0.25) is 0 Å². The Morgan fingerprint density at radius 3 is 2.72 bits per heavy atom. The number of hydrogen-bond acceptors (Lipinski definition) is 3. The van der Waals surface area contributed by atoms with Crippen molar-refractivity contribution < 1.29 is 9.90 Å². The predicted octanol–water partition coefficient (Wildman–Crippen LogP) is 2.48. The summed E-state index contributed by atoms with van der Waals surface area (Å²) in [4.78, 5) is 15.8. The highest BCUT2D eigenvalue weighted by Crippen LogP contribution is 2.16. The lowest BCUT2D eigenvalue weighted by atomic mass is 10.2. The first-order valence-electron chi connectivity index (χ1n) is 5.32. The van der Waals surface area contributed by atoms with Crippen LogP contribution in [0.1, 0.15) is 15.9 Å². The van der Waals surface area contributed by atoms with Crippen LogP contribution in [0, 0.1) is 0 Å². The normalized spacial score (nSPS) is 10.1. The van der Waals surface area contributed by atoms with E-state index in [1.165, 1.54) is 6.20 Å². The van der Waals surface area contributed by atoms with Crippen LogP contribution in [0.5, 0.6) is 0 Å². The molecule has 2 N–H and O–H groups in total. The van der Waals surface area contributed by atoms with Gasteiger partial charge in [-0.1, -0.05) is 29.8 Å². The van der Waals surface area contributed by atoms with E-state index in [0.717, 1.165) is 0 Å². The van der Waals surface area contributed by atoms with E-state index in [1.54, 1.807) is 36.4 Å². The van der Waals surface area contributed by atoms with E-state index >= 15 is 0 Å². The minimum Gasteiger partial charge on any atom is -0.392 e. The van der Waals surface area contributed by atoms with E-state index in [-0.39, 0.29) is 12.5 Å². The maximum atomic E-state index is 11.9. The van der Waals surface area contributed by atoms with Crippen LogP contribution in [-0.4, -0.2) is 16.0 Å². The Balaban J connectivity index is 2.18. The molecule has 0 spiro atoms. The molecule has 92 valence electrons. The monoisotopic (exact) mass is 262 g/mol. The van der Waals surface area contributed by atoms with Crippen LogP contribution in [0.15, 0.2) is 42.6 Å². The number of benzene rings is 1. The third-order valence-corrected chi connectivity index (χ3v) is 2.65. The molecule has 1 amide bonds. The highest BCUT2D eigenvalue weighted by molar-refractivity contribution is 6.29. The molecule has 0 unspecified atom stereocenters. The van der Waals surface area contributed by atoms with Gasteiger partial charge in [-0.25, -0.2) is 4.98 Å². The molecule has 2 aromatic rings. The SMILES string of the molecule is O=C(Nc1ccccc1CO)c1ccc(Cl)nc1. The van der Waals surface area contributed by atoms with Gasteiger partial charge in [-0.05, 0) is 18.2 Å². The molecule has 0 aliphatic rings. The molecular weight excluding hydrogens is 252 g/mol. The zero-order chi connectivity index (χ0) is 13.0. The summed E-state index contributed by atoms with van der Waals surface area (Å²) in [7, 11) is 0. The summed E-state index contributed by atoms with van der Waals surface area (Å²) in [6.45, 7) is -0.130. The van der Waals surface area contributed by atoms with Crippen molar-refractivity contribution in [1.82, 2.24) is 4.98 Å². The van der Waals surface area contributed by atoms with E-state index in [2.05, 4.69) is 10.3 Å². The first-order valence-corrected chi connectivity index (χ1v) is 5.70. The van der Waals surface area contributed by atoms with Gasteiger partial charge in [-0.2, -0.15) is 0 Å². The minimum atomic E-state index is -0.292. The molecule has 0 bridgehead atoms. The van der Waals surface area contributed by atoms with E-state index < -0.39 is 0 Å². The van der Waals surface area contributed by atoms with Gasteiger partial charge in [0.1, 0.15) is 5.15 Å². The molecule has 1 aromatic heterocycles. The molecule has 5 heteroatoms. The zero-order valence-corrected chi connectivity index (χ0v) is 10.2. The molecule has 1 heterocycles. The van der Waals surface area contributed by atoms with Crippen molar-refractivity contribution in [3.63, 3.8) is 0 Å². The molecule has 0 aliphatic carbocycles. The molecule has 0 aliphatic heterocycles. The molecular formula is C13H11ClN2O2. The second-order valence-corrected chi connectivity index (χ2v) is 4.03. The van der Waals surface area contributed by atoms with Gasteiger partial charge in [0.05, 0.1) is 12.2 Å². The molecule has 0 saturated heterocycles. The fourth-order valence-electron chi connectivity index (χ4n) is 1.48. The second kappa shape index (κ2) is 5.62. The number of aliphatic hydroxyl groups excluding tert-OH is 1. The summed E-state index contributed by atoms with van der Waals surface area (Å²) in [6, 6.07) is 10.2. The maximum absolute atomic E-state index is 11.9. The average Bonchev–Trinajstić information content (AvgIpc) is 2.40. The lowest BCUT2D eigenvalue weighted by Gasteiger charge is -2.08. The maximum Gasteiger partial charge on any atom is 0.257 e. The highest BCUT2D eigenvalue weighted by Gasteiger charge is 2.08. The lowest BCUT2D eigenvalue weighted by Crippen LogP contribution is -2.13. The van der Waals surface area contributed by atoms with Crippen LogP contribution in [0.4, 0.5) is 5.69 Å². The van der Waals surface area contributed by atoms with Crippen molar-refractivity contribution >= 4 is 23.2 Å². The smallest absolute Gasteiger partial charge is 0.257 e. The largest absolute Gasteiger partial charge is 0.392 e. The lowest BCUT2D eigenvalue weighted by molar-refractivity contribution is 0.102. The Hall–Kier alpha value is -1.91. The van der Waals surface area contributed by atoms with Crippen LogP contribution >= 0.6 is 11.6 Å². The van der Waals surface area contributed by atoms with Gasteiger partial charge >= 0.3 is 0 Å². The quantitative estimate of drug-likeness (QED) is 0.836. The number of pyridine rings is 1. The van der Waals surface area contributed by atoms with Gasteiger partial charge < -0.3 is 10.4 Å². The summed E-state index contributed by atoms with van der Waals surface area (Å²) in [5.41, 5.74) is 1.65. The van der Waals surface area contributed by atoms with Crippen molar-refractivity contribution in [2.75, 3.05) is 5.32 Å². The summed E-state index contributed by atoms with van der Waals surface area (Å²) in [5.74, 6) is -0.292. The fourth-order valence-corrected chi connectivity index (χ4v) is 1.60. The van der Waals surface area contributed by atoms with E-state index in [4.69, 9.17) is 16.7 Å². The number of aliphatic hydroxyl groups is 1. The fraction of sp³-hybridized carbons (Fsp3) is 0.0769. The number of nitrogens with one attached hydrogen (secondary N) is 1. The molecule has 0 saturated carbocycles. The van der Waals surface area contributed by atoms with Gasteiger partial charge in [0.25, 0.3) is 5.91 Å². The Morgan fingerprint density at radius 2 is 2.06 bits per heavy atom. The predicted molar refractivity (Wildman–Crippen MR) is 69.6 cm³/mol. The third-order valence-electron chi connectivity index (χ3n) is 2.43. The third kappa shape index (κ3) is 2.85. The molecule has 18 heavy (non-hydrogen) atoms. The van der Waals surface area contributed by atoms with Crippen LogP contribution < -0.4 is 5.32 Å². The highest BCUT2D eigenvalue weighted by atomic mass is 35.5. The first kappa shape index (κ1) is 12.5. The number of carbonyl (C=O) groups is 1. The standard InChI is InChI=1S/C13H11ClN2O2/c14-12-6-5-9(7-15-12)13(18)16-11-4-2-1-3-10(11)8-17/h1-7,17H,8H2,(H,16,18). The number of aromatic nitrogens is 1. The molecule has 0 atom stereocenters. The number of halogens is 1. The summed E-state index contributed by atoms with van der Waals surface area (Å²) >= 11 is 5.65. The van der Waals surface area contributed by atoms with Gasteiger partial charge in [-0.3, -0.25) is 4.79 Å². The van der Waals surface area contributed by atoms with Crippen LogP contribution in [0.3, 0.4) is 0 Å². The summed E-state index contributed by atoms with van der Waals surface area (Å²) in [5, 5.41) is 12.2. The van der Waals surface area contributed by atoms with Crippen molar-refractivity contribution in [3.05, 3.63) is 58.9 Å². The summed E-state index contributed by atoms with van der Waals surface area (Å²) in [6.07, 6.45) is 1.40. The van der Waals surface area contributed by atoms with Gasteiger partial charge in [0, 0.05) is 17.4 Å². The number of anilines is 1. The Morgan fingerprint density at radius 1 is 1.28 bits per heavy atom. The molecule has 0 fully saturated rings. The summed E-state index contributed by atoms with van der Waals surface area (Å²) < 4.78 is 0. The topological polar surface area (TPSA) is 62.2 Å². The number of amides is 1. The van der Waals surface area contributed by atoms with E-state index in [1.807, 2.05) is 0 Å².